The van der Waals surface area contributed by atoms with Crippen molar-refractivity contribution in [2.75, 3.05) is 0 Å². The predicted octanol–water partition coefficient (Wildman–Crippen LogP) is 1.58. The van der Waals surface area contributed by atoms with Gasteiger partial charge in [0.05, 0.1) is 0 Å². The van der Waals surface area contributed by atoms with Crippen molar-refractivity contribution >= 4 is 12.0 Å². The van der Waals surface area contributed by atoms with Gasteiger partial charge in [-0.25, -0.2) is 9.59 Å². The summed E-state index contributed by atoms with van der Waals surface area (Å²) in [6.45, 7) is 7.48. The highest BCUT2D eigenvalue weighted by molar-refractivity contribution is 5.82. The van der Waals surface area contributed by atoms with Gasteiger partial charge < -0.3 is 15.7 Å². The second-order valence-electron chi connectivity index (χ2n) is 4.19. The van der Waals surface area contributed by atoms with Crippen molar-refractivity contribution in [3.8, 4) is 0 Å². The molecular weight excluding hydrogens is 208 g/mol. The van der Waals surface area contributed by atoms with E-state index in [4.69, 9.17) is 5.11 Å². The molecule has 0 aliphatic rings. The lowest BCUT2D eigenvalue weighted by Gasteiger charge is -2.21. The maximum atomic E-state index is 11.5. The lowest BCUT2D eigenvalue weighted by molar-refractivity contribution is -0.140. The van der Waals surface area contributed by atoms with Crippen LogP contribution in [0, 0.1) is 5.92 Å². The Hall–Kier alpha value is -1.26. The Morgan fingerprint density at radius 1 is 1.12 bits per heavy atom. The monoisotopic (exact) mass is 230 g/mol. The lowest BCUT2D eigenvalue weighted by atomic mass is 10.1. The summed E-state index contributed by atoms with van der Waals surface area (Å²) in [5.74, 6) is -1.14. The molecule has 0 aromatic rings. The van der Waals surface area contributed by atoms with Gasteiger partial charge in [0.2, 0.25) is 0 Å². The van der Waals surface area contributed by atoms with E-state index in [0.29, 0.717) is 0 Å². The van der Waals surface area contributed by atoms with Gasteiger partial charge in [-0.1, -0.05) is 27.7 Å². The summed E-state index contributed by atoms with van der Waals surface area (Å²) >= 11 is 0. The Morgan fingerprint density at radius 2 is 1.62 bits per heavy atom. The van der Waals surface area contributed by atoms with Crippen molar-refractivity contribution in [1.82, 2.24) is 10.6 Å². The summed E-state index contributed by atoms with van der Waals surface area (Å²) < 4.78 is 0. The summed E-state index contributed by atoms with van der Waals surface area (Å²) in [5.41, 5.74) is 0. The molecule has 94 valence electrons. The van der Waals surface area contributed by atoms with Crippen molar-refractivity contribution in [3.63, 3.8) is 0 Å². The van der Waals surface area contributed by atoms with Crippen molar-refractivity contribution in [3.05, 3.63) is 0 Å². The average Bonchev–Trinajstić information content (AvgIpc) is 2.21. The van der Waals surface area contributed by atoms with Gasteiger partial charge in [-0.3, -0.25) is 0 Å². The first-order valence-electron chi connectivity index (χ1n) is 5.72. The molecule has 0 rings (SSSR count). The molecule has 0 bridgehead atoms. The van der Waals surface area contributed by atoms with Gasteiger partial charge in [-0.05, 0) is 18.8 Å². The molecule has 0 aromatic heterocycles. The van der Waals surface area contributed by atoms with Gasteiger partial charge in [0, 0.05) is 6.04 Å². The highest BCUT2D eigenvalue weighted by Crippen LogP contribution is 2.02. The minimum absolute atomic E-state index is 0.0987. The molecule has 0 aliphatic heterocycles. The molecule has 0 aromatic carbocycles. The summed E-state index contributed by atoms with van der Waals surface area (Å²) in [7, 11) is 0. The van der Waals surface area contributed by atoms with Crippen LogP contribution in [0.4, 0.5) is 4.79 Å². The van der Waals surface area contributed by atoms with Crippen LogP contribution in [0.15, 0.2) is 0 Å². The number of urea groups is 1. The minimum Gasteiger partial charge on any atom is -0.480 e. The fraction of sp³-hybridized carbons (Fsp3) is 0.818. The summed E-state index contributed by atoms with van der Waals surface area (Å²) in [4.78, 5) is 22.4. The minimum atomic E-state index is -1.00. The van der Waals surface area contributed by atoms with E-state index in [1.165, 1.54) is 0 Å². The number of carboxylic acids is 1. The quantitative estimate of drug-likeness (QED) is 0.648. The van der Waals surface area contributed by atoms with Crippen LogP contribution in [0.1, 0.15) is 40.5 Å². The van der Waals surface area contributed by atoms with Crippen molar-refractivity contribution in [1.29, 1.82) is 0 Å². The number of amides is 2. The molecule has 16 heavy (non-hydrogen) atoms. The Bertz CT molecular complexity index is 237. The number of hydrogen-bond donors (Lipinski definition) is 3. The van der Waals surface area contributed by atoms with Gasteiger partial charge in [0.25, 0.3) is 0 Å². The maximum absolute atomic E-state index is 11.5. The predicted molar refractivity (Wildman–Crippen MR) is 62.3 cm³/mol. The van der Waals surface area contributed by atoms with E-state index in [1.807, 2.05) is 13.8 Å². The van der Waals surface area contributed by atoms with Crippen molar-refractivity contribution in [2.24, 2.45) is 5.92 Å². The van der Waals surface area contributed by atoms with Gasteiger partial charge in [0.1, 0.15) is 6.04 Å². The first-order chi connectivity index (χ1) is 7.42. The largest absolute Gasteiger partial charge is 0.480 e. The molecular formula is C11H22N2O3. The molecule has 0 radical (unpaired) electrons. The third-order valence-electron chi connectivity index (χ3n) is 2.54. The summed E-state index contributed by atoms with van der Waals surface area (Å²) in [6, 6.07) is -1.15. The molecule has 1 atom stereocenters. The fourth-order valence-corrected chi connectivity index (χ4v) is 1.37. The zero-order valence-electron chi connectivity index (χ0n) is 10.4. The van der Waals surface area contributed by atoms with E-state index >= 15 is 0 Å². The van der Waals surface area contributed by atoms with Gasteiger partial charge in [-0.2, -0.15) is 0 Å². The van der Waals surface area contributed by atoms with Crippen LogP contribution in [0.2, 0.25) is 0 Å². The van der Waals surface area contributed by atoms with Gasteiger partial charge >= 0.3 is 12.0 Å². The molecule has 0 aliphatic carbocycles. The molecule has 0 fully saturated rings. The Kier molecular flexibility index (Phi) is 6.53. The molecule has 0 saturated heterocycles. The smallest absolute Gasteiger partial charge is 0.326 e. The number of nitrogens with one attached hydrogen (secondary N) is 2. The van der Waals surface area contributed by atoms with E-state index < -0.39 is 18.0 Å². The van der Waals surface area contributed by atoms with E-state index in [-0.39, 0.29) is 12.0 Å². The fourth-order valence-electron chi connectivity index (χ4n) is 1.37. The third-order valence-corrected chi connectivity index (χ3v) is 2.54. The maximum Gasteiger partial charge on any atom is 0.326 e. The standard InChI is InChI=1S/C11H22N2O3/c1-5-8(6-2)12-11(16)13-9(7(3)4)10(14)15/h7-9H,5-6H2,1-4H3,(H,14,15)(H2,12,13,16)/t9-/m0/s1. The van der Waals surface area contributed by atoms with Crippen LogP contribution in [0.3, 0.4) is 0 Å². The summed E-state index contributed by atoms with van der Waals surface area (Å²) in [5, 5.41) is 14.1. The van der Waals surface area contributed by atoms with Crippen LogP contribution >= 0.6 is 0 Å². The first kappa shape index (κ1) is 14.7. The number of aliphatic carboxylic acids is 1. The number of carbonyl (C=O) groups is 2. The zero-order chi connectivity index (χ0) is 12.7. The zero-order valence-corrected chi connectivity index (χ0v) is 10.4. The average molecular weight is 230 g/mol. The Labute approximate surface area is 96.6 Å². The van der Waals surface area contributed by atoms with Gasteiger partial charge in [-0.15, -0.1) is 0 Å². The molecule has 0 saturated carbocycles. The van der Waals surface area contributed by atoms with E-state index in [9.17, 15) is 9.59 Å². The lowest BCUT2D eigenvalue weighted by Crippen LogP contribution is -2.50. The number of carboxylic acid groups (broad SMARTS) is 1. The van der Waals surface area contributed by atoms with Crippen LogP contribution < -0.4 is 10.6 Å². The SMILES string of the molecule is CCC(CC)NC(=O)N[C@H](C(=O)O)C(C)C. The summed E-state index contributed by atoms with van der Waals surface area (Å²) in [6.07, 6.45) is 1.67. The van der Waals surface area contributed by atoms with Gasteiger partial charge in [0.15, 0.2) is 0 Å². The van der Waals surface area contributed by atoms with Crippen molar-refractivity contribution in [2.45, 2.75) is 52.6 Å². The normalized spacial score (nSPS) is 12.6. The molecule has 0 unspecified atom stereocenters. The number of carbonyl (C=O) groups excluding carboxylic acids is 1. The Balaban J connectivity index is 4.25. The third kappa shape index (κ3) is 5.00. The highest BCUT2D eigenvalue weighted by Gasteiger charge is 2.23. The molecule has 5 heteroatoms. The number of hydrogen-bond acceptors (Lipinski definition) is 2. The molecule has 2 amide bonds. The van der Waals surface area contributed by atoms with Crippen LogP contribution in [-0.2, 0) is 4.79 Å². The topological polar surface area (TPSA) is 78.4 Å². The molecule has 0 spiro atoms. The van der Waals surface area contributed by atoms with Crippen LogP contribution in [0.5, 0.6) is 0 Å². The Morgan fingerprint density at radius 3 is 1.94 bits per heavy atom. The molecule has 3 N–H and O–H groups in total. The van der Waals surface area contributed by atoms with Crippen LogP contribution in [0.25, 0.3) is 0 Å². The second-order valence-corrected chi connectivity index (χ2v) is 4.19. The second kappa shape index (κ2) is 7.09. The molecule has 5 nitrogen and oxygen atoms in total. The van der Waals surface area contributed by atoms with E-state index in [0.717, 1.165) is 12.8 Å². The van der Waals surface area contributed by atoms with E-state index in [1.54, 1.807) is 13.8 Å². The first-order valence-corrected chi connectivity index (χ1v) is 5.72. The van der Waals surface area contributed by atoms with E-state index in [2.05, 4.69) is 10.6 Å². The highest BCUT2D eigenvalue weighted by atomic mass is 16.4. The molecule has 0 heterocycles. The van der Waals surface area contributed by atoms with Crippen molar-refractivity contribution < 1.29 is 14.7 Å². The van der Waals surface area contributed by atoms with Crippen LogP contribution in [-0.4, -0.2) is 29.2 Å². The number of rotatable bonds is 6.